The van der Waals surface area contributed by atoms with Crippen LogP contribution in [0.15, 0.2) is 60.9 Å². The van der Waals surface area contributed by atoms with E-state index >= 15 is 0 Å². The maximum Gasteiger partial charge on any atom is 0.275 e. The van der Waals surface area contributed by atoms with Gasteiger partial charge in [-0.1, -0.05) is 36.8 Å². The maximum absolute atomic E-state index is 12.2. The van der Waals surface area contributed by atoms with Crippen LogP contribution < -0.4 is 10.6 Å². The van der Waals surface area contributed by atoms with Crippen molar-refractivity contribution in [3.05, 3.63) is 77.7 Å². The number of aromatic nitrogens is 2. The molecule has 25 heavy (non-hydrogen) atoms. The summed E-state index contributed by atoms with van der Waals surface area (Å²) in [5, 5.41) is 5.98. The van der Waals surface area contributed by atoms with Crippen molar-refractivity contribution in [2.24, 2.45) is 0 Å². The molecule has 0 aliphatic heterocycles. The van der Waals surface area contributed by atoms with E-state index in [2.05, 4.69) is 39.7 Å². The number of aryl methyl sites for hydroxylation is 2. The zero-order valence-corrected chi connectivity index (χ0v) is 14.3. The molecule has 1 heterocycles. The van der Waals surface area contributed by atoms with Crippen molar-refractivity contribution in [3.63, 3.8) is 0 Å². The molecule has 0 spiro atoms. The lowest BCUT2D eigenvalue weighted by atomic mass is 10.1. The Hall–Kier alpha value is -3.21. The summed E-state index contributed by atoms with van der Waals surface area (Å²) in [6, 6.07) is 15.7. The normalized spacial score (nSPS) is 10.3. The minimum atomic E-state index is -0.282. The van der Waals surface area contributed by atoms with Crippen LogP contribution in [-0.4, -0.2) is 15.9 Å². The summed E-state index contributed by atoms with van der Waals surface area (Å²) in [5.41, 5.74) is 4.35. The Kier molecular flexibility index (Phi) is 5.04. The van der Waals surface area contributed by atoms with Crippen LogP contribution in [0.4, 0.5) is 17.2 Å². The summed E-state index contributed by atoms with van der Waals surface area (Å²) in [4.78, 5) is 20.6. The molecule has 0 aliphatic rings. The lowest BCUT2D eigenvalue weighted by Crippen LogP contribution is -2.14. The lowest BCUT2D eigenvalue weighted by molar-refractivity contribution is 0.102. The maximum atomic E-state index is 12.2. The Morgan fingerprint density at radius 1 is 0.920 bits per heavy atom. The van der Waals surface area contributed by atoms with Gasteiger partial charge in [0.25, 0.3) is 5.91 Å². The third kappa shape index (κ3) is 4.41. The summed E-state index contributed by atoms with van der Waals surface area (Å²) in [5.74, 6) is 0.311. The molecule has 3 aromatic rings. The van der Waals surface area contributed by atoms with Crippen molar-refractivity contribution in [2.45, 2.75) is 20.3 Å². The Balaban J connectivity index is 1.64. The first-order valence-corrected chi connectivity index (χ1v) is 8.20. The number of hydrogen-bond donors (Lipinski definition) is 2. The van der Waals surface area contributed by atoms with E-state index in [-0.39, 0.29) is 11.6 Å². The third-order valence-corrected chi connectivity index (χ3v) is 3.83. The fourth-order valence-corrected chi connectivity index (χ4v) is 2.31. The average Bonchev–Trinajstić information content (AvgIpc) is 2.65. The summed E-state index contributed by atoms with van der Waals surface area (Å²) in [7, 11) is 0. The SMILES string of the molecule is CCc1ccc(Nc2cnc(C(=O)Nc3ccc(C)cc3)cn2)cc1. The van der Waals surface area contributed by atoms with Crippen molar-refractivity contribution < 1.29 is 4.79 Å². The average molecular weight is 332 g/mol. The molecule has 0 fully saturated rings. The molecule has 0 atom stereocenters. The van der Waals surface area contributed by atoms with Crippen molar-refractivity contribution >= 4 is 23.1 Å². The Morgan fingerprint density at radius 3 is 2.20 bits per heavy atom. The smallest absolute Gasteiger partial charge is 0.275 e. The largest absolute Gasteiger partial charge is 0.339 e. The molecule has 0 saturated heterocycles. The highest BCUT2D eigenvalue weighted by atomic mass is 16.1. The van der Waals surface area contributed by atoms with Crippen molar-refractivity contribution in [1.82, 2.24) is 9.97 Å². The fourth-order valence-electron chi connectivity index (χ4n) is 2.31. The van der Waals surface area contributed by atoms with E-state index in [1.54, 1.807) is 6.20 Å². The van der Waals surface area contributed by atoms with E-state index in [1.807, 2.05) is 43.3 Å². The topological polar surface area (TPSA) is 66.9 Å². The van der Waals surface area contributed by atoms with E-state index in [4.69, 9.17) is 0 Å². The Morgan fingerprint density at radius 2 is 1.60 bits per heavy atom. The third-order valence-electron chi connectivity index (χ3n) is 3.83. The van der Waals surface area contributed by atoms with E-state index in [9.17, 15) is 4.79 Å². The fraction of sp³-hybridized carbons (Fsp3) is 0.150. The molecule has 2 N–H and O–H groups in total. The van der Waals surface area contributed by atoms with Crippen LogP contribution in [-0.2, 0) is 6.42 Å². The molecule has 0 radical (unpaired) electrons. The van der Waals surface area contributed by atoms with Gasteiger partial charge in [-0.15, -0.1) is 0 Å². The van der Waals surface area contributed by atoms with Crippen molar-refractivity contribution in [2.75, 3.05) is 10.6 Å². The second-order valence-electron chi connectivity index (χ2n) is 5.78. The van der Waals surface area contributed by atoms with Gasteiger partial charge in [-0.3, -0.25) is 4.79 Å². The standard InChI is InChI=1S/C20H20N4O/c1-3-15-6-10-16(11-7-15)23-19-13-21-18(12-22-19)20(25)24-17-8-4-14(2)5-9-17/h4-13H,3H2,1-2H3,(H,22,23)(H,24,25). The van der Waals surface area contributed by atoms with E-state index in [0.717, 1.165) is 23.4 Å². The molecule has 5 nitrogen and oxygen atoms in total. The van der Waals surface area contributed by atoms with E-state index in [1.165, 1.54) is 11.8 Å². The monoisotopic (exact) mass is 332 g/mol. The second-order valence-corrected chi connectivity index (χ2v) is 5.78. The molecule has 126 valence electrons. The number of benzene rings is 2. The molecule has 1 aromatic heterocycles. The molecule has 1 amide bonds. The van der Waals surface area contributed by atoms with Gasteiger partial charge in [0, 0.05) is 11.4 Å². The molecule has 5 heteroatoms. The number of rotatable bonds is 5. The van der Waals surface area contributed by atoms with Crippen LogP contribution in [0.3, 0.4) is 0 Å². The van der Waals surface area contributed by atoms with Gasteiger partial charge in [0.2, 0.25) is 0 Å². The van der Waals surface area contributed by atoms with Gasteiger partial charge in [0.15, 0.2) is 0 Å². The highest BCUT2D eigenvalue weighted by Crippen LogP contribution is 2.15. The number of nitrogens with one attached hydrogen (secondary N) is 2. The van der Waals surface area contributed by atoms with Gasteiger partial charge < -0.3 is 10.6 Å². The van der Waals surface area contributed by atoms with Gasteiger partial charge >= 0.3 is 0 Å². The van der Waals surface area contributed by atoms with Crippen molar-refractivity contribution in [3.8, 4) is 0 Å². The van der Waals surface area contributed by atoms with Gasteiger partial charge in [0.1, 0.15) is 11.5 Å². The molecule has 2 aromatic carbocycles. The molecular formula is C20H20N4O. The van der Waals surface area contributed by atoms with Crippen LogP contribution in [0.25, 0.3) is 0 Å². The van der Waals surface area contributed by atoms with Crippen LogP contribution in [0.2, 0.25) is 0 Å². The summed E-state index contributed by atoms with van der Waals surface area (Å²) in [6.07, 6.45) is 4.02. The lowest BCUT2D eigenvalue weighted by Gasteiger charge is -2.07. The van der Waals surface area contributed by atoms with Gasteiger partial charge in [-0.2, -0.15) is 0 Å². The summed E-state index contributed by atoms with van der Waals surface area (Å²) < 4.78 is 0. The first-order valence-electron chi connectivity index (χ1n) is 8.20. The zero-order valence-electron chi connectivity index (χ0n) is 14.3. The number of hydrogen-bond acceptors (Lipinski definition) is 4. The van der Waals surface area contributed by atoms with Crippen LogP contribution in [0.1, 0.15) is 28.5 Å². The molecule has 3 rings (SSSR count). The highest BCUT2D eigenvalue weighted by molar-refractivity contribution is 6.02. The number of nitrogens with zero attached hydrogens (tertiary/aromatic N) is 2. The van der Waals surface area contributed by atoms with Crippen LogP contribution in [0, 0.1) is 6.92 Å². The van der Waals surface area contributed by atoms with Gasteiger partial charge in [-0.25, -0.2) is 9.97 Å². The summed E-state index contributed by atoms with van der Waals surface area (Å²) in [6.45, 7) is 4.12. The second kappa shape index (κ2) is 7.57. The number of amides is 1. The number of carbonyl (C=O) groups excluding carboxylic acids is 1. The molecule has 0 saturated carbocycles. The Labute approximate surface area is 147 Å². The Bertz CT molecular complexity index is 840. The molecule has 0 aliphatic carbocycles. The highest BCUT2D eigenvalue weighted by Gasteiger charge is 2.08. The predicted octanol–water partition coefficient (Wildman–Crippen LogP) is 4.34. The predicted molar refractivity (Wildman–Crippen MR) is 100 cm³/mol. The van der Waals surface area contributed by atoms with E-state index in [0.29, 0.717) is 5.82 Å². The van der Waals surface area contributed by atoms with E-state index < -0.39 is 0 Å². The first-order chi connectivity index (χ1) is 12.1. The minimum Gasteiger partial charge on any atom is -0.339 e. The van der Waals surface area contributed by atoms with Crippen LogP contribution in [0.5, 0.6) is 0 Å². The zero-order chi connectivity index (χ0) is 17.6. The molecule has 0 unspecified atom stereocenters. The summed E-state index contributed by atoms with van der Waals surface area (Å²) >= 11 is 0. The van der Waals surface area contributed by atoms with Gasteiger partial charge in [-0.05, 0) is 43.2 Å². The first kappa shape index (κ1) is 16.6. The van der Waals surface area contributed by atoms with Crippen LogP contribution >= 0.6 is 0 Å². The minimum absolute atomic E-state index is 0.271. The number of anilines is 3. The number of carbonyl (C=O) groups is 1. The molecule has 0 bridgehead atoms. The van der Waals surface area contributed by atoms with Gasteiger partial charge in [0.05, 0.1) is 12.4 Å². The quantitative estimate of drug-likeness (QED) is 0.729. The van der Waals surface area contributed by atoms with Crippen molar-refractivity contribution in [1.29, 1.82) is 0 Å². The molecular weight excluding hydrogens is 312 g/mol.